The Morgan fingerprint density at radius 1 is 0.296 bits per heavy atom. The van der Waals surface area contributed by atoms with Crippen LogP contribution in [-0.2, 0) is 28.6 Å². The summed E-state index contributed by atoms with van der Waals surface area (Å²) in [7, 11) is 0. The van der Waals surface area contributed by atoms with Crippen LogP contribution >= 0.6 is 0 Å². The number of esters is 3. The molecular formula is C65H108O6. The van der Waals surface area contributed by atoms with E-state index in [0.717, 1.165) is 109 Å². The lowest BCUT2D eigenvalue weighted by Gasteiger charge is -2.18. The number of carbonyl (C=O) groups is 3. The molecule has 0 rings (SSSR count). The smallest absolute Gasteiger partial charge is 0.306 e. The van der Waals surface area contributed by atoms with Crippen molar-refractivity contribution >= 4 is 17.9 Å². The molecule has 0 aromatic carbocycles. The van der Waals surface area contributed by atoms with Gasteiger partial charge in [-0.3, -0.25) is 14.4 Å². The molecule has 71 heavy (non-hydrogen) atoms. The van der Waals surface area contributed by atoms with Gasteiger partial charge in [-0.05, 0) is 103 Å². The van der Waals surface area contributed by atoms with Crippen LogP contribution in [0.5, 0.6) is 0 Å². The summed E-state index contributed by atoms with van der Waals surface area (Å²) in [4.78, 5) is 37.9. The Kier molecular flexibility index (Phi) is 55.4. The van der Waals surface area contributed by atoms with E-state index < -0.39 is 6.10 Å². The molecule has 0 bridgehead atoms. The fourth-order valence-electron chi connectivity index (χ4n) is 7.93. The van der Waals surface area contributed by atoms with E-state index in [1.54, 1.807) is 0 Å². The van der Waals surface area contributed by atoms with Crippen LogP contribution < -0.4 is 0 Å². The number of hydrogen-bond acceptors (Lipinski definition) is 6. The molecule has 0 aromatic rings. The Labute approximate surface area is 438 Å². The molecule has 6 nitrogen and oxygen atoms in total. The first-order valence-electron chi connectivity index (χ1n) is 29.4. The van der Waals surface area contributed by atoms with Gasteiger partial charge in [0.15, 0.2) is 6.10 Å². The van der Waals surface area contributed by atoms with Crippen molar-refractivity contribution in [1.29, 1.82) is 0 Å². The average molecular weight is 986 g/mol. The largest absolute Gasteiger partial charge is 0.462 e. The molecule has 0 N–H and O–H groups in total. The zero-order chi connectivity index (χ0) is 51.4. The lowest BCUT2D eigenvalue weighted by molar-refractivity contribution is -0.167. The van der Waals surface area contributed by atoms with Crippen LogP contribution in [0.1, 0.15) is 265 Å². The van der Waals surface area contributed by atoms with Crippen LogP contribution in [0.3, 0.4) is 0 Å². The molecule has 0 saturated heterocycles. The van der Waals surface area contributed by atoms with Gasteiger partial charge in [0.25, 0.3) is 0 Å². The molecule has 0 spiro atoms. The molecule has 0 heterocycles. The second-order valence-corrected chi connectivity index (χ2v) is 19.1. The van der Waals surface area contributed by atoms with Crippen molar-refractivity contribution in [2.24, 2.45) is 0 Å². The van der Waals surface area contributed by atoms with Gasteiger partial charge in [0.05, 0.1) is 0 Å². The highest BCUT2D eigenvalue weighted by molar-refractivity contribution is 5.71. The number of hydrogen-bond donors (Lipinski definition) is 0. The topological polar surface area (TPSA) is 78.9 Å². The van der Waals surface area contributed by atoms with E-state index in [-0.39, 0.29) is 37.5 Å². The maximum absolute atomic E-state index is 12.8. The van der Waals surface area contributed by atoms with Crippen molar-refractivity contribution in [2.45, 2.75) is 271 Å². The summed E-state index contributed by atoms with van der Waals surface area (Å²) in [5.74, 6) is -0.941. The first kappa shape index (κ1) is 67.1. The maximum Gasteiger partial charge on any atom is 0.306 e. The van der Waals surface area contributed by atoms with Gasteiger partial charge >= 0.3 is 17.9 Å². The van der Waals surface area contributed by atoms with Crippen molar-refractivity contribution in [1.82, 2.24) is 0 Å². The number of rotatable bonds is 52. The van der Waals surface area contributed by atoms with Gasteiger partial charge in [-0.15, -0.1) is 0 Å². The van der Waals surface area contributed by atoms with E-state index in [4.69, 9.17) is 14.2 Å². The first-order chi connectivity index (χ1) is 35.0. The Hall–Kier alpha value is -3.93. The fraction of sp³-hybridized carbons (Fsp3) is 0.677. The molecule has 0 aromatic heterocycles. The number of ether oxygens (including phenoxy) is 3. The van der Waals surface area contributed by atoms with Crippen molar-refractivity contribution in [3.05, 3.63) is 109 Å². The summed E-state index contributed by atoms with van der Waals surface area (Å²) in [5, 5.41) is 0. The quantitative estimate of drug-likeness (QED) is 0.0261. The SMILES string of the molecule is CC/C=C\C/C=C\C/C=C\C/C=C\C/C=C\CCCCCCCCCCCCCCCCCC(=O)OCC(COC(=O)CCCCCCCCC)OC(=O)CCCC/C=C\C/C=C\C/C=C\C/C=C\CC. The highest BCUT2D eigenvalue weighted by atomic mass is 16.6. The third-order valence-corrected chi connectivity index (χ3v) is 12.3. The second-order valence-electron chi connectivity index (χ2n) is 19.1. The van der Waals surface area contributed by atoms with Crippen LogP contribution in [-0.4, -0.2) is 37.2 Å². The number of carbonyl (C=O) groups excluding carboxylic acids is 3. The molecule has 0 fully saturated rings. The minimum Gasteiger partial charge on any atom is -0.462 e. The monoisotopic (exact) mass is 985 g/mol. The minimum absolute atomic E-state index is 0.0935. The van der Waals surface area contributed by atoms with Gasteiger partial charge in [0, 0.05) is 19.3 Å². The number of unbranched alkanes of at least 4 members (excludes halogenated alkanes) is 23. The van der Waals surface area contributed by atoms with Crippen molar-refractivity contribution in [2.75, 3.05) is 13.2 Å². The van der Waals surface area contributed by atoms with Gasteiger partial charge in [-0.25, -0.2) is 0 Å². The van der Waals surface area contributed by atoms with Gasteiger partial charge in [-0.2, -0.15) is 0 Å². The van der Waals surface area contributed by atoms with E-state index in [0.29, 0.717) is 19.3 Å². The van der Waals surface area contributed by atoms with E-state index >= 15 is 0 Å². The van der Waals surface area contributed by atoms with Crippen molar-refractivity contribution < 1.29 is 28.6 Å². The molecule has 0 amide bonds. The van der Waals surface area contributed by atoms with E-state index in [1.165, 1.54) is 109 Å². The summed E-state index contributed by atoms with van der Waals surface area (Å²) in [6, 6.07) is 0. The predicted octanol–water partition coefficient (Wildman–Crippen LogP) is 19.9. The van der Waals surface area contributed by atoms with E-state index in [9.17, 15) is 14.4 Å². The molecule has 1 unspecified atom stereocenters. The van der Waals surface area contributed by atoms with Gasteiger partial charge < -0.3 is 14.2 Å². The molecule has 0 aliphatic rings. The minimum atomic E-state index is -0.796. The van der Waals surface area contributed by atoms with Crippen LogP contribution in [0.2, 0.25) is 0 Å². The number of allylic oxidation sites excluding steroid dienone is 18. The van der Waals surface area contributed by atoms with Gasteiger partial charge in [0.1, 0.15) is 13.2 Å². The van der Waals surface area contributed by atoms with Crippen LogP contribution in [0.25, 0.3) is 0 Å². The lowest BCUT2D eigenvalue weighted by Crippen LogP contribution is -2.30. The molecule has 0 radical (unpaired) electrons. The molecule has 404 valence electrons. The van der Waals surface area contributed by atoms with E-state index in [2.05, 4.69) is 130 Å². The van der Waals surface area contributed by atoms with E-state index in [1.807, 2.05) is 0 Å². The van der Waals surface area contributed by atoms with Crippen molar-refractivity contribution in [3.63, 3.8) is 0 Å². The summed E-state index contributed by atoms with van der Waals surface area (Å²) < 4.78 is 16.7. The standard InChI is InChI=1S/C65H108O6/c1-4-7-10-13-16-18-20-22-24-25-26-27-28-29-30-31-32-33-34-35-36-37-38-39-41-42-44-46-49-52-55-58-64(67)70-61-62(60-69-63(66)57-54-51-48-15-12-9-6-3)71-65(68)59-56-53-50-47-45-43-40-23-21-19-17-14-11-8-5-2/h7-8,10-11,16-19,22-24,26-27,29-30,40,45,47,62H,4-6,9,12-15,20-21,25,28,31-39,41-44,46,48-61H2,1-3H3/b10-7-,11-8-,18-16-,19-17-,24-22-,27-26-,30-29-,40-23-,47-45-. The third kappa shape index (κ3) is 56.9. The fourth-order valence-corrected chi connectivity index (χ4v) is 7.93. The Morgan fingerprint density at radius 2 is 0.549 bits per heavy atom. The molecule has 0 aliphatic carbocycles. The second kappa shape index (κ2) is 58.6. The Balaban J connectivity index is 4.10. The molecular weight excluding hydrogens is 877 g/mol. The summed E-state index contributed by atoms with van der Waals surface area (Å²) >= 11 is 0. The first-order valence-corrected chi connectivity index (χ1v) is 29.4. The maximum atomic E-state index is 12.8. The average Bonchev–Trinajstić information content (AvgIpc) is 3.37. The van der Waals surface area contributed by atoms with Crippen LogP contribution in [0.4, 0.5) is 0 Å². The zero-order valence-electron chi connectivity index (χ0n) is 46.2. The Bertz CT molecular complexity index is 1460. The Morgan fingerprint density at radius 3 is 0.887 bits per heavy atom. The van der Waals surface area contributed by atoms with Crippen molar-refractivity contribution in [3.8, 4) is 0 Å². The van der Waals surface area contributed by atoms with Gasteiger partial charge in [0.2, 0.25) is 0 Å². The van der Waals surface area contributed by atoms with Crippen LogP contribution in [0, 0.1) is 0 Å². The highest BCUT2D eigenvalue weighted by Gasteiger charge is 2.19. The van der Waals surface area contributed by atoms with Crippen LogP contribution in [0.15, 0.2) is 109 Å². The molecule has 6 heteroatoms. The summed E-state index contributed by atoms with van der Waals surface area (Å²) in [6.07, 6.45) is 79.8. The normalized spacial score (nSPS) is 12.9. The third-order valence-electron chi connectivity index (χ3n) is 12.3. The molecule has 0 saturated carbocycles. The zero-order valence-corrected chi connectivity index (χ0v) is 46.2. The summed E-state index contributed by atoms with van der Waals surface area (Å²) in [5.41, 5.74) is 0. The predicted molar refractivity (Wildman–Crippen MR) is 307 cm³/mol. The highest BCUT2D eigenvalue weighted by Crippen LogP contribution is 2.16. The summed E-state index contributed by atoms with van der Waals surface area (Å²) in [6.45, 7) is 6.33. The lowest BCUT2D eigenvalue weighted by atomic mass is 10.0. The molecule has 0 aliphatic heterocycles. The molecule has 1 atom stereocenters. The van der Waals surface area contributed by atoms with Gasteiger partial charge in [-0.1, -0.05) is 252 Å².